The normalized spacial score (nSPS) is 17.3. The van der Waals surface area contributed by atoms with Gasteiger partial charge in [0.1, 0.15) is 10.6 Å². The summed E-state index contributed by atoms with van der Waals surface area (Å²) >= 11 is 0. The first kappa shape index (κ1) is 32.4. The minimum Gasteiger partial charge on any atom is -0.366 e. The third kappa shape index (κ3) is 7.29. The van der Waals surface area contributed by atoms with E-state index in [1.807, 2.05) is 52.1 Å². The van der Waals surface area contributed by atoms with Crippen LogP contribution in [0.4, 0.5) is 5.69 Å². The molecule has 0 radical (unpaired) electrons. The molecule has 0 fully saturated rings. The summed E-state index contributed by atoms with van der Waals surface area (Å²) in [5, 5.41) is 11.4. The molecule has 4 aromatic rings. The summed E-state index contributed by atoms with van der Waals surface area (Å²) in [6.07, 6.45) is 7.54. The number of hydrogen-bond acceptors (Lipinski definition) is 8. The number of carbonyl (C=O) groups is 1. The van der Waals surface area contributed by atoms with Gasteiger partial charge in [-0.2, -0.15) is 4.31 Å². The van der Waals surface area contributed by atoms with Gasteiger partial charge in [-0.05, 0) is 80.5 Å². The lowest BCUT2D eigenvalue weighted by Gasteiger charge is -2.34. The molecule has 1 aromatic carbocycles. The van der Waals surface area contributed by atoms with Crippen molar-refractivity contribution in [1.29, 1.82) is 0 Å². The Kier molecular flexibility index (Phi) is 9.76. The average molecular weight is 632 g/mol. The minimum absolute atomic E-state index is 0.0896. The molecule has 12 heteroatoms. The van der Waals surface area contributed by atoms with Crippen LogP contribution in [0.5, 0.6) is 0 Å². The van der Waals surface area contributed by atoms with Gasteiger partial charge in [0, 0.05) is 32.0 Å². The van der Waals surface area contributed by atoms with Gasteiger partial charge in [0.2, 0.25) is 15.9 Å². The number of anilines is 1. The van der Waals surface area contributed by atoms with E-state index in [1.165, 1.54) is 0 Å². The summed E-state index contributed by atoms with van der Waals surface area (Å²) < 4.78 is 37.5. The number of fused-ring (bicyclic) bond motifs is 1. The summed E-state index contributed by atoms with van der Waals surface area (Å²) in [6.45, 7) is 11.2. The largest absolute Gasteiger partial charge is 0.366 e. The Labute approximate surface area is 265 Å². The number of benzene rings is 1. The van der Waals surface area contributed by atoms with Gasteiger partial charge in [0.15, 0.2) is 0 Å². The van der Waals surface area contributed by atoms with Gasteiger partial charge in [0.25, 0.3) is 0 Å². The molecule has 0 bridgehead atoms. The molecule has 11 nitrogen and oxygen atoms in total. The van der Waals surface area contributed by atoms with E-state index in [-0.39, 0.29) is 29.9 Å². The highest BCUT2D eigenvalue weighted by molar-refractivity contribution is 7.89. The van der Waals surface area contributed by atoms with Crippen LogP contribution < -0.4 is 5.32 Å². The highest BCUT2D eigenvalue weighted by Crippen LogP contribution is 2.39. The maximum Gasteiger partial charge on any atom is 0.245 e. The van der Waals surface area contributed by atoms with Gasteiger partial charge >= 0.3 is 0 Å². The summed E-state index contributed by atoms with van der Waals surface area (Å²) in [5.41, 5.74) is 3.32. The van der Waals surface area contributed by atoms with E-state index in [0.29, 0.717) is 30.0 Å². The van der Waals surface area contributed by atoms with E-state index in [9.17, 15) is 13.2 Å². The molecule has 1 amide bonds. The molecule has 1 aliphatic rings. The minimum atomic E-state index is -3.77. The second-order valence-corrected chi connectivity index (χ2v) is 14.2. The summed E-state index contributed by atoms with van der Waals surface area (Å²) in [6, 6.07) is 12.7. The Balaban J connectivity index is 1.48. The first-order chi connectivity index (χ1) is 21.5. The number of ether oxygens (including phenoxy) is 1. The molecule has 1 unspecified atom stereocenters. The van der Waals surface area contributed by atoms with Crippen LogP contribution in [0.25, 0.3) is 0 Å². The van der Waals surface area contributed by atoms with E-state index in [1.54, 1.807) is 51.8 Å². The fourth-order valence-electron chi connectivity index (χ4n) is 5.64. The number of sulfonamides is 1. The number of pyridine rings is 2. The number of aryl methyl sites for hydroxylation is 2. The number of carbonyl (C=O) groups excluding carboxylic acids is 1. The van der Waals surface area contributed by atoms with Crippen molar-refractivity contribution in [2.75, 3.05) is 11.9 Å². The Morgan fingerprint density at radius 3 is 2.73 bits per heavy atom. The van der Waals surface area contributed by atoms with Crippen LogP contribution in [0.3, 0.4) is 0 Å². The first-order valence-corrected chi connectivity index (χ1v) is 16.7. The Hall–Kier alpha value is -4.00. The van der Waals surface area contributed by atoms with Gasteiger partial charge in [-0.3, -0.25) is 19.4 Å². The van der Waals surface area contributed by atoms with Crippen molar-refractivity contribution in [3.63, 3.8) is 0 Å². The summed E-state index contributed by atoms with van der Waals surface area (Å²) in [5.74, 6) is -0.156. The fraction of sp³-hybridized carbons (Fsp3) is 0.424. The number of hydrogen-bond donors (Lipinski definition) is 1. The Morgan fingerprint density at radius 1 is 1.18 bits per heavy atom. The molecule has 1 N–H and O–H groups in total. The van der Waals surface area contributed by atoms with Gasteiger partial charge in [0.05, 0.1) is 41.9 Å². The lowest BCUT2D eigenvalue weighted by molar-refractivity contribution is -0.134. The van der Waals surface area contributed by atoms with Crippen LogP contribution >= 0.6 is 0 Å². The summed E-state index contributed by atoms with van der Waals surface area (Å²) in [4.78, 5) is 22.5. The lowest BCUT2D eigenvalue weighted by atomic mass is 9.80. The highest BCUT2D eigenvalue weighted by Gasteiger charge is 2.40. The van der Waals surface area contributed by atoms with E-state index in [4.69, 9.17) is 4.74 Å². The van der Waals surface area contributed by atoms with E-state index >= 15 is 0 Å². The quantitative estimate of drug-likeness (QED) is 0.242. The smallest absolute Gasteiger partial charge is 0.245 e. The molecule has 45 heavy (non-hydrogen) atoms. The molecular weight excluding hydrogens is 590 g/mol. The molecular formula is C33H41N7O4S. The van der Waals surface area contributed by atoms with Crippen LogP contribution in [0.1, 0.15) is 68.3 Å². The van der Waals surface area contributed by atoms with Crippen LogP contribution in [0, 0.1) is 18.3 Å². The Bertz CT molecular complexity index is 1740. The molecule has 238 valence electrons. The molecule has 0 saturated heterocycles. The highest BCUT2D eigenvalue weighted by atomic mass is 32.2. The summed E-state index contributed by atoms with van der Waals surface area (Å²) in [7, 11) is -3.77. The second-order valence-electron chi connectivity index (χ2n) is 12.3. The van der Waals surface area contributed by atoms with Crippen molar-refractivity contribution in [1.82, 2.24) is 29.3 Å². The van der Waals surface area contributed by atoms with Crippen LogP contribution in [-0.2, 0) is 45.7 Å². The van der Waals surface area contributed by atoms with Crippen molar-refractivity contribution in [3.05, 3.63) is 95.3 Å². The molecule has 0 saturated carbocycles. The van der Waals surface area contributed by atoms with E-state index in [0.717, 1.165) is 29.7 Å². The van der Waals surface area contributed by atoms with Crippen LogP contribution in [0.15, 0.2) is 72.1 Å². The van der Waals surface area contributed by atoms with Crippen LogP contribution in [0.2, 0.25) is 0 Å². The topological polar surface area (TPSA) is 132 Å². The molecule has 5 rings (SSSR count). The molecule has 1 aliphatic heterocycles. The zero-order valence-corrected chi connectivity index (χ0v) is 27.3. The third-order valence-corrected chi connectivity index (χ3v) is 10.0. The van der Waals surface area contributed by atoms with Gasteiger partial charge in [-0.1, -0.05) is 37.3 Å². The maximum atomic E-state index is 13.8. The standard InChI is InChI=1S/C33H41N7O4S/c1-6-15-39-21-28(37-38-39)22-44-31(33(4,5)32(41)36-27-9-7-13-34-18-27)25-12-11-24(3)26(17-25)20-40-19-23(2)16-29-30(45(40,42)43)10-8-14-35-29/h7-14,17-18,21,23,31H,6,15-16,19-20,22H2,1-5H3,(H,36,41)/t23-,31?/m0/s1. The van der Waals surface area contributed by atoms with E-state index in [2.05, 4.69) is 32.5 Å². The van der Waals surface area contributed by atoms with Crippen molar-refractivity contribution >= 4 is 21.6 Å². The van der Waals surface area contributed by atoms with Crippen molar-refractivity contribution < 1.29 is 17.9 Å². The van der Waals surface area contributed by atoms with Crippen molar-refractivity contribution in [2.45, 2.75) is 78.2 Å². The number of nitrogens with one attached hydrogen (secondary N) is 1. The molecule has 0 aliphatic carbocycles. The van der Waals surface area contributed by atoms with Gasteiger partial charge in [-0.25, -0.2) is 8.42 Å². The monoisotopic (exact) mass is 631 g/mol. The zero-order chi connectivity index (χ0) is 32.2. The third-order valence-electron chi connectivity index (χ3n) is 8.14. The predicted octanol–water partition coefficient (Wildman–Crippen LogP) is 5.09. The fourth-order valence-corrected chi connectivity index (χ4v) is 7.36. The SMILES string of the molecule is CCCn1cc(COC(c2ccc(C)c(CN3C[C@@H](C)Cc4ncccc4S3(=O)=O)c2)C(C)(C)C(=O)Nc2cccnc2)nn1. The Morgan fingerprint density at radius 2 is 1.98 bits per heavy atom. The van der Waals surface area contributed by atoms with Crippen molar-refractivity contribution in [3.8, 4) is 0 Å². The zero-order valence-electron chi connectivity index (χ0n) is 26.5. The van der Waals surface area contributed by atoms with Crippen LogP contribution in [-0.4, -0.2) is 50.1 Å². The van der Waals surface area contributed by atoms with E-state index < -0.39 is 21.5 Å². The molecule has 2 atom stereocenters. The first-order valence-electron chi connectivity index (χ1n) is 15.2. The number of nitrogens with zero attached hydrogens (tertiary/aromatic N) is 6. The number of aromatic nitrogens is 5. The maximum absolute atomic E-state index is 13.8. The lowest BCUT2D eigenvalue weighted by Crippen LogP contribution is -2.38. The molecule has 0 spiro atoms. The van der Waals surface area contributed by atoms with Gasteiger partial charge in [-0.15, -0.1) is 5.10 Å². The number of amides is 1. The number of rotatable bonds is 11. The van der Waals surface area contributed by atoms with Gasteiger partial charge < -0.3 is 10.1 Å². The van der Waals surface area contributed by atoms with Crippen molar-refractivity contribution in [2.24, 2.45) is 11.3 Å². The predicted molar refractivity (Wildman–Crippen MR) is 170 cm³/mol. The molecule has 3 aromatic heterocycles. The second kappa shape index (κ2) is 13.6. The molecule has 4 heterocycles. The average Bonchev–Trinajstić information content (AvgIpc) is 3.42.